The highest BCUT2D eigenvalue weighted by atomic mass is 16.3. The number of benzene rings is 1. The molecule has 2 heterocycles. The summed E-state index contributed by atoms with van der Waals surface area (Å²) < 4.78 is 2.28. The minimum Gasteiger partial charge on any atom is -0.393 e. The second kappa shape index (κ2) is 5.20. The van der Waals surface area contributed by atoms with Gasteiger partial charge < -0.3 is 9.67 Å². The maximum Gasteiger partial charge on any atom is 0.0956 e. The first-order chi connectivity index (χ1) is 12.3. The van der Waals surface area contributed by atoms with E-state index in [4.69, 9.17) is 0 Å². The number of hydrogen-bond donors (Lipinski definition) is 1. The number of aliphatic hydroxyl groups excluding tert-OH is 1. The summed E-state index contributed by atoms with van der Waals surface area (Å²) >= 11 is 0. The molecule has 1 aromatic heterocycles. The molecular weight excluding hydrogens is 308 g/mol. The summed E-state index contributed by atoms with van der Waals surface area (Å²) in [5.74, 6) is 4.04. The van der Waals surface area contributed by atoms with E-state index in [1.54, 1.807) is 0 Å². The molecule has 5 aliphatic rings. The van der Waals surface area contributed by atoms with Crippen LogP contribution in [-0.2, 0) is 0 Å². The minimum absolute atomic E-state index is 0.179. The summed E-state index contributed by atoms with van der Waals surface area (Å²) in [6.45, 7) is 0. The summed E-state index contributed by atoms with van der Waals surface area (Å²) in [7, 11) is 0. The quantitative estimate of drug-likeness (QED) is 0.910. The van der Waals surface area contributed by atoms with Crippen molar-refractivity contribution in [3.8, 4) is 11.3 Å². The molecule has 25 heavy (non-hydrogen) atoms. The van der Waals surface area contributed by atoms with E-state index in [9.17, 15) is 5.11 Å². The third kappa shape index (κ3) is 2.05. The van der Waals surface area contributed by atoms with Crippen LogP contribution in [0, 0.1) is 29.6 Å². The van der Waals surface area contributed by atoms with Crippen LogP contribution in [-0.4, -0.2) is 20.8 Å². The van der Waals surface area contributed by atoms with E-state index < -0.39 is 0 Å². The van der Waals surface area contributed by atoms with Crippen LogP contribution in [0.2, 0.25) is 0 Å². The van der Waals surface area contributed by atoms with Gasteiger partial charge in [0.1, 0.15) is 0 Å². The van der Waals surface area contributed by atoms with Crippen molar-refractivity contribution in [1.82, 2.24) is 9.55 Å². The molecule has 2 atom stereocenters. The highest BCUT2D eigenvalue weighted by Gasteiger charge is 2.50. The fourth-order valence-electron chi connectivity index (χ4n) is 7.15. The van der Waals surface area contributed by atoms with E-state index in [2.05, 4.69) is 33.8 Å². The third-order valence-electron chi connectivity index (χ3n) is 7.81. The van der Waals surface area contributed by atoms with E-state index >= 15 is 0 Å². The summed E-state index contributed by atoms with van der Waals surface area (Å²) in [6.07, 6.45) is 11.6. The average Bonchev–Trinajstić information content (AvgIpc) is 3.17. The van der Waals surface area contributed by atoms with Gasteiger partial charge in [0, 0.05) is 5.56 Å². The van der Waals surface area contributed by atoms with E-state index in [1.807, 2.05) is 12.5 Å². The lowest BCUT2D eigenvalue weighted by atomic mass is 9.50. The molecular formula is C22H26N2O. The van der Waals surface area contributed by atoms with Crippen LogP contribution in [0.5, 0.6) is 0 Å². The van der Waals surface area contributed by atoms with E-state index in [1.165, 1.54) is 48.9 Å². The summed E-state index contributed by atoms with van der Waals surface area (Å²) in [5, 5.41) is 11.3. The molecule has 4 saturated carbocycles. The molecule has 0 spiro atoms. The van der Waals surface area contributed by atoms with Crippen LogP contribution in [0.1, 0.15) is 50.1 Å². The van der Waals surface area contributed by atoms with Crippen molar-refractivity contribution in [3.05, 3.63) is 42.4 Å². The largest absolute Gasteiger partial charge is 0.393 e. The van der Waals surface area contributed by atoms with Gasteiger partial charge in [-0.15, -0.1) is 0 Å². The monoisotopic (exact) mass is 334 g/mol. The summed E-state index contributed by atoms with van der Waals surface area (Å²) in [5.41, 5.74) is 3.86. The SMILES string of the molecule is O[C@@H](C[C@H]1c2ccccc2-c2cncn21)C1C2CC3CC(C2)CC1C3. The molecule has 3 nitrogen and oxygen atoms in total. The van der Waals surface area contributed by atoms with Crippen molar-refractivity contribution in [1.29, 1.82) is 0 Å². The summed E-state index contributed by atoms with van der Waals surface area (Å²) in [4.78, 5) is 4.37. The molecule has 3 heteroatoms. The number of fused-ring (bicyclic) bond motifs is 3. The third-order valence-corrected chi connectivity index (χ3v) is 7.81. The first kappa shape index (κ1) is 14.5. The van der Waals surface area contributed by atoms with Crippen molar-refractivity contribution in [2.45, 2.75) is 50.7 Å². The number of aromatic nitrogens is 2. The van der Waals surface area contributed by atoms with Gasteiger partial charge >= 0.3 is 0 Å². The van der Waals surface area contributed by atoms with E-state index in [0.29, 0.717) is 5.92 Å². The fraction of sp³-hybridized carbons (Fsp3) is 0.591. The second-order valence-electron chi connectivity index (χ2n) is 9.10. The van der Waals surface area contributed by atoms with Crippen LogP contribution in [0.25, 0.3) is 11.3 Å². The van der Waals surface area contributed by atoms with E-state index in [0.717, 1.165) is 30.1 Å². The number of hydrogen-bond acceptors (Lipinski definition) is 2. The lowest BCUT2D eigenvalue weighted by Crippen LogP contribution is -2.49. The standard InChI is InChI=1S/C22H26N2O/c25-21(22-15-6-13-5-14(8-15)9-16(22)7-13)10-19-17-3-1-2-4-18(17)20-11-23-12-24(19)20/h1-4,11-16,19,21-22,25H,5-10H2/t13?,14?,15?,16?,19-,21-,22?/m0/s1. The molecule has 0 radical (unpaired) electrons. The maximum absolute atomic E-state index is 11.3. The fourth-order valence-corrected chi connectivity index (χ4v) is 7.15. The molecule has 130 valence electrons. The first-order valence-electron chi connectivity index (χ1n) is 10.1. The topological polar surface area (TPSA) is 38.1 Å². The Bertz CT molecular complexity index is 782. The van der Waals surface area contributed by atoms with Gasteiger partial charge in [0.15, 0.2) is 0 Å². The predicted molar refractivity (Wildman–Crippen MR) is 97.0 cm³/mol. The lowest BCUT2D eigenvalue weighted by molar-refractivity contribution is -0.0930. The Hall–Kier alpha value is -1.61. The minimum atomic E-state index is -0.179. The van der Waals surface area contributed by atoms with Gasteiger partial charge in [0.2, 0.25) is 0 Å². The second-order valence-corrected chi connectivity index (χ2v) is 9.10. The Labute approximate surface area is 149 Å². The first-order valence-corrected chi connectivity index (χ1v) is 10.1. The Morgan fingerprint density at radius 2 is 1.76 bits per heavy atom. The van der Waals surface area contributed by atoms with Crippen molar-refractivity contribution < 1.29 is 5.11 Å². The van der Waals surface area contributed by atoms with Gasteiger partial charge in [0.25, 0.3) is 0 Å². The number of rotatable bonds is 3. The smallest absolute Gasteiger partial charge is 0.0956 e. The zero-order valence-corrected chi connectivity index (χ0v) is 14.6. The van der Waals surface area contributed by atoms with Crippen molar-refractivity contribution in [2.75, 3.05) is 0 Å². The Morgan fingerprint density at radius 1 is 1.04 bits per heavy atom. The van der Waals surface area contributed by atoms with Crippen molar-refractivity contribution in [2.24, 2.45) is 29.6 Å². The van der Waals surface area contributed by atoms with Gasteiger partial charge in [-0.05, 0) is 73.7 Å². The Kier molecular flexibility index (Phi) is 3.03. The van der Waals surface area contributed by atoms with Gasteiger partial charge in [-0.1, -0.05) is 24.3 Å². The molecule has 4 fully saturated rings. The van der Waals surface area contributed by atoms with Crippen LogP contribution >= 0.6 is 0 Å². The average molecular weight is 334 g/mol. The Morgan fingerprint density at radius 3 is 2.52 bits per heavy atom. The maximum atomic E-state index is 11.3. The zero-order chi connectivity index (χ0) is 16.5. The van der Waals surface area contributed by atoms with Crippen LogP contribution in [0.3, 0.4) is 0 Å². The van der Waals surface area contributed by atoms with Crippen LogP contribution in [0.15, 0.2) is 36.8 Å². The number of aliphatic hydroxyl groups is 1. The zero-order valence-electron chi connectivity index (χ0n) is 14.6. The molecule has 4 bridgehead atoms. The highest BCUT2D eigenvalue weighted by Crippen LogP contribution is 2.58. The molecule has 4 aliphatic carbocycles. The molecule has 1 aliphatic heterocycles. The molecule has 1 N–H and O–H groups in total. The number of imidazole rings is 1. The van der Waals surface area contributed by atoms with Crippen molar-refractivity contribution >= 4 is 0 Å². The normalized spacial score (nSPS) is 38.6. The summed E-state index contributed by atoms with van der Waals surface area (Å²) in [6, 6.07) is 8.91. The molecule has 0 saturated heterocycles. The van der Waals surface area contributed by atoms with Gasteiger partial charge in [-0.3, -0.25) is 0 Å². The predicted octanol–water partition coefficient (Wildman–Crippen LogP) is 4.28. The van der Waals surface area contributed by atoms with Gasteiger partial charge in [-0.25, -0.2) is 4.98 Å². The highest BCUT2D eigenvalue weighted by molar-refractivity contribution is 5.68. The molecule has 2 aromatic rings. The van der Waals surface area contributed by atoms with Gasteiger partial charge in [0.05, 0.1) is 30.4 Å². The lowest BCUT2D eigenvalue weighted by Gasteiger charge is -2.55. The molecule has 1 aromatic carbocycles. The molecule has 0 unspecified atom stereocenters. The number of nitrogens with zero attached hydrogens (tertiary/aromatic N) is 2. The molecule has 0 amide bonds. The van der Waals surface area contributed by atoms with E-state index in [-0.39, 0.29) is 12.1 Å². The van der Waals surface area contributed by atoms with Crippen molar-refractivity contribution in [3.63, 3.8) is 0 Å². The van der Waals surface area contributed by atoms with Gasteiger partial charge in [-0.2, -0.15) is 0 Å². The van der Waals surface area contributed by atoms with Crippen LogP contribution in [0.4, 0.5) is 0 Å². The molecule has 7 rings (SSSR count). The Balaban J connectivity index is 1.30. The van der Waals surface area contributed by atoms with Crippen LogP contribution < -0.4 is 0 Å².